The van der Waals surface area contributed by atoms with Crippen molar-refractivity contribution < 1.29 is 32.6 Å². The van der Waals surface area contributed by atoms with Crippen molar-refractivity contribution in [2.45, 2.75) is 17.9 Å². The highest BCUT2D eigenvalue weighted by Gasteiger charge is 2.30. The minimum atomic E-state index is -3.92. The van der Waals surface area contributed by atoms with Gasteiger partial charge in [0.05, 0.1) is 30.4 Å². The van der Waals surface area contributed by atoms with Crippen LogP contribution in [0.4, 0.5) is 11.4 Å². The van der Waals surface area contributed by atoms with Gasteiger partial charge in [-0.15, -0.1) is 0 Å². The Bertz CT molecular complexity index is 1470. The normalized spacial score (nSPS) is 13.4. The molecule has 0 aliphatic carbocycles. The second kappa shape index (κ2) is 10.5. The van der Waals surface area contributed by atoms with Gasteiger partial charge >= 0.3 is 5.97 Å². The summed E-state index contributed by atoms with van der Waals surface area (Å²) in [6.45, 7) is 0.412. The minimum absolute atomic E-state index is 0.0342. The number of sulfonamides is 1. The monoisotopic (exact) mass is 525 g/mol. The Balaban J connectivity index is 1.58. The summed E-state index contributed by atoms with van der Waals surface area (Å²) in [4.78, 5) is 24.6. The molecule has 0 bridgehead atoms. The number of benzene rings is 3. The van der Waals surface area contributed by atoms with Crippen LogP contribution in [0.3, 0.4) is 0 Å². The van der Waals surface area contributed by atoms with Gasteiger partial charge in [0.15, 0.2) is 11.5 Å². The highest BCUT2D eigenvalue weighted by atomic mass is 32.2. The molecule has 0 radical (unpaired) electrons. The fourth-order valence-electron chi connectivity index (χ4n) is 4.19. The van der Waals surface area contributed by atoms with Crippen molar-refractivity contribution in [2.75, 3.05) is 38.4 Å². The van der Waals surface area contributed by atoms with Crippen LogP contribution < -0.4 is 20.1 Å². The molecule has 0 fully saturated rings. The smallest absolute Gasteiger partial charge is 0.337 e. The third kappa shape index (κ3) is 5.23. The molecule has 3 aromatic carbocycles. The van der Waals surface area contributed by atoms with Crippen molar-refractivity contribution in [2.24, 2.45) is 0 Å². The van der Waals surface area contributed by atoms with E-state index in [0.29, 0.717) is 23.6 Å². The van der Waals surface area contributed by atoms with Crippen LogP contribution in [-0.2, 0) is 23.0 Å². The number of aromatic carboxylic acids is 1. The molecule has 1 aliphatic rings. The summed E-state index contributed by atoms with van der Waals surface area (Å²) in [6, 6.07) is 13.8. The highest BCUT2D eigenvalue weighted by Crippen LogP contribution is 2.34. The highest BCUT2D eigenvalue weighted by molar-refractivity contribution is 7.89. The summed E-state index contributed by atoms with van der Waals surface area (Å²) in [5.41, 5.74) is 2.45. The van der Waals surface area contributed by atoms with Crippen molar-refractivity contribution >= 4 is 33.3 Å². The number of nitrogens with zero attached hydrogens (tertiary/aromatic N) is 1. The number of nitrogens with one attached hydrogen (secondary N) is 2. The molecule has 0 unspecified atom stereocenters. The standard InChI is InChI=1S/C26H27N3O7S/c1-27-19-7-8-22(21(14-19)26(31)32)28-25(30)17-5-4-6-20(11-17)37(33,34)29-10-9-16-12-23(35-2)24(36-3)13-18(16)15-29/h4-8,11-14,27H,9-10,15H2,1-3H3,(H,28,30)(H,31,32). The molecule has 194 valence electrons. The van der Waals surface area contributed by atoms with Crippen LogP contribution in [0.25, 0.3) is 0 Å². The molecule has 10 nitrogen and oxygen atoms in total. The van der Waals surface area contributed by atoms with E-state index in [-0.39, 0.29) is 34.8 Å². The van der Waals surface area contributed by atoms with E-state index in [1.165, 1.54) is 47.8 Å². The van der Waals surface area contributed by atoms with Crippen LogP contribution >= 0.6 is 0 Å². The van der Waals surface area contributed by atoms with Crippen LogP contribution in [0.15, 0.2) is 59.5 Å². The number of carbonyl (C=O) groups excluding carboxylic acids is 1. The lowest BCUT2D eigenvalue weighted by atomic mass is 10.0. The number of amides is 1. The number of ether oxygens (including phenoxy) is 2. The van der Waals surface area contributed by atoms with E-state index in [4.69, 9.17) is 9.47 Å². The van der Waals surface area contributed by atoms with Crippen molar-refractivity contribution in [1.82, 2.24) is 4.31 Å². The average Bonchev–Trinajstić information content (AvgIpc) is 2.91. The van der Waals surface area contributed by atoms with Gasteiger partial charge in [0.1, 0.15) is 0 Å². The maximum absolute atomic E-state index is 13.5. The SMILES string of the molecule is CNc1ccc(NC(=O)c2cccc(S(=O)(=O)N3CCc4cc(OC)c(OC)cc4C3)c2)c(C(=O)O)c1. The lowest BCUT2D eigenvalue weighted by molar-refractivity contribution is 0.0698. The summed E-state index contributed by atoms with van der Waals surface area (Å²) in [7, 11) is 0.801. The van der Waals surface area contributed by atoms with E-state index >= 15 is 0 Å². The Hall–Kier alpha value is -4.09. The molecule has 1 heterocycles. The molecule has 0 saturated carbocycles. The molecule has 0 atom stereocenters. The molecule has 0 spiro atoms. The van der Waals surface area contributed by atoms with Gasteiger partial charge in [0, 0.05) is 31.4 Å². The molecular weight excluding hydrogens is 498 g/mol. The number of anilines is 2. The van der Waals surface area contributed by atoms with Gasteiger partial charge in [-0.05, 0) is 66.1 Å². The van der Waals surface area contributed by atoms with Crippen LogP contribution in [0.2, 0.25) is 0 Å². The van der Waals surface area contributed by atoms with Gasteiger partial charge < -0.3 is 25.2 Å². The molecule has 37 heavy (non-hydrogen) atoms. The second-order valence-electron chi connectivity index (χ2n) is 8.36. The zero-order valence-corrected chi connectivity index (χ0v) is 21.4. The molecular formula is C26H27N3O7S. The summed E-state index contributed by atoms with van der Waals surface area (Å²) in [5, 5.41) is 14.9. The van der Waals surface area contributed by atoms with E-state index in [9.17, 15) is 23.1 Å². The predicted molar refractivity (Wildman–Crippen MR) is 138 cm³/mol. The Labute approximate surface area is 214 Å². The first-order valence-corrected chi connectivity index (χ1v) is 12.8. The Morgan fingerprint density at radius 1 is 0.973 bits per heavy atom. The van der Waals surface area contributed by atoms with E-state index in [0.717, 1.165) is 11.1 Å². The molecule has 0 saturated heterocycles. The van der Waals surface area contributed by atoms with Crippen LogP contribution in [0, 0.1) is 0 Å². The largest absolute Gasteiger partial charge is 0.493 e. The van der Waals surface area contributed by atoms with Crippen molar-refractivity contribution in [3.63, 3.8) is 0 Å². The van der Waals surface area contributed by atoms with E-state index in [1.54, 1.807) is 26.3 Å². The topological polar surface area (TPSA) is 134 Å². The maximum Gasteiger partial charge on any atom is 0.337 e. The lowest BCUT2D eigenvalue weighted by Crippen LogP contribution is -2.36. The maximum atomic E-state index is 13.5. The zero-order valence-electron chi connectivity index (χ0n) is 20.6. The number of carboxylic acids is 1. The summed E-state index contributed by atoms with van der Waals surface area (Å²) in [5.74, 6) is -0.730. The summed E-state index contributed by atoms with van der Waals surface area (Å²) >= 11 is 0. The Morgan fingerprint density at radius 3 is 2.32 bits per heavy atom. The molecule has 11 heteroatoms. The van der Waals surface area contributed by atoms with Crippen molar-refractivity contribution in [3.8, 4) is 11.5 Å². The van der Waals surface area contributed by atoms with Gasteiger partial charge in [-0.2, -0.15) is 4.31 Å². The average molecular weight is 526 g/mol. The predicted octanol–water partition coefficient (Wildman–Crippen LogP) is 3.44. The first kappa shape index (κ1) is 26.0. The van der Waals surface area contributed by atoms with Gasteiger partial charge in [0.25, 0.3) is 5.91 Å². The van der Waals surface area contributed by atoms with E-state index < -0.39 is 21.9 Å². The molecule has 4 rings (SSSR count). The first-order valence-electron chi connectivity index (χ1n) is 11.4. The summed E-state index contributed by atoms with van der Waals surface area (Å²) in [6.07, 6.45) is 0.496. The Kier molecular flexibility index (Phi) is 7.37. The second-order valence-corrected chi connectivity index (χ2v) is 10.3. The van der Waals surface area contributed by atoms with E-state index in [1.807, 2.05) is 6.07 Å². The van der Waals surface area contributed by atoms with Crippen LogP contribution in [0.5, 0.6) is 11.5 Å². The zero-order chi connectivity index (χ0) is 26.7. The quantitative estimate of drug-likeness (QED) is 0.407. The summed E-state index contributed by atoms with van der Waals surface area (Å²) < 4.78 is 39.0. The number of hydrogen-bond acceptors (Lipinski definition) is 7. The van der Waals surface area contributed by atoms with Gasteiger partial charge in [-0.3, -0.25) is 4.79 Å². The van der Waals surface area contributed by atoms with Gasteiger partial charge in [-0.1, -0.05) is 6.07 Å². The third-order valence-corrected chi connectivity index (χ3v) is 8.05. The Morgan fingerprint density at radius 2 is 1.68 bits per heavy atom. The molecule has 3 aromatic rings. The minimum Gasteiger partial charge on any atom is -0.493 e. The molecule has 1 amide bonds. The fraction of sp³-hybridized carbons (Fsp3) is 0.231. The lowest BCUT2D eigenvalue weighted by Gasteiger charge is -2.29. The van der Waals surface area contributed by atoms with Crippen molar-refractivity contribution in [3.05, 3.63) is 76.9 Å². The van der Waals surface area contributed by atoms with E-state index in [2.05, 4.69) is 10.6 Å². The van der Waals surface area contributed by atoms with Crippen LogP contribution in [0.1, 0.15) is 31.8 Å². The van der Waals surface area contributed by atoms with Crippen LogP contribution in [-0.4, -0.2) is 57.5 Å². The van der Waals surface area contributed by atoms with Crippen molar-refractivity contribution in [1.29, 1.82) is 0 Å². The number of carboxylic acid groups (broad SMARTS) is 1. The fourth-order valence-corrected chi connectivity index (χ4v) is 5.65. The molecule has 0 aromatic heterocycles. The number of carbonyl (C=O) groups is 2. The number of methoxy groups -OCH3 is 2. The number of hydrogen-bond donors (Lipinski definition) is 3. The third-order valence-electron chi connectivity index (χ3n) is 6.20. The molecule has 3 N–H and O–H groups in total. The number of fused-ring (bicyclic) bond motifs is 1. The van der Waals surface area contributed by atoms with Gasteiger partial charge in [-0.25, -0.2) is 13.2 Å². The number of rotatable bonds is 8. The molecule has 1 aliphatic heterocycles. The first-order chi connectivity index (χ1) is 17.7. The van der Waals surface area contributed by atoms with Gasteiger partial charge in [0.2, 0.25) is 10.0 Å².